The Labute approximate surface area is 118 Å². The quantitative estimate of drug-likeness (QED) is 0.853. The number of likely N-dealkylation sites (tertiary alicyclic amines) is 1. The van der Waals surface area contributed by atoms with Crippen LogP contribution in [0.1, 0.15) is 12.8 Å². The van der Waals surface area contributed by atoms with Gasteiger partial charge in [-0.25, -0.2) is 4.39 Å². The van der Waals surface area contributed by atoms with Crippen LogP contribution in [0, 0.1) is 5.82 Å². The number of piperidine rings is 1. The number of rotatable bonds is 3. The Hall–Kier alpha value is -1.43. The first-order valence-electron chi connectivity index (χ1n) is 5.93. The van der Waals surface area contributed by atoms with Crippen molar-refractivity contribution >= 4 is 27.6 Å². The van der Waals surface area contributed by atoms with Gasteiger partial charge >= 0.3 is 0 Å². The van der Waals surface area contributed by atoms with Gasteiger partial charge in [-0.3, -0.25) is 9.59 Å². The Morgan fingerprint density at radius 1 is 1.37 bits per heavy atom. The molecule has 1 saturated heterocycles. The third-order valence-corrected chi connectivity index (χ3v) is 3.57. The van der Waals surface area contributed by atoms with Crippen molar-refractivity contribution in [2.75, 3.05) is 19.7 Å². The van der Waals surface area contributed by atoms with E-state index in [9.17, 15) is 14.0 Å². The lowest BCUT2D eigenvalue weighted by atomic mass is 10.1. The summed E-state index contributed by atoms with van der Waals surface area (Å²) in [4.78, 5) is 24.5. The molecule has 19 heavy (non-hydrogen) atoms. The largest absolute Gasteiger partial charge is 0.482 e. The minimum atomic E-state index is -0.422. The molecule has 0 saturated carbocycles. The van der Waals surface area contributed by atoms with Crippen molar-refractivity contribution in [2.24, 2.45) is 0 Å². The maximum absolute atomic E-state index is 13.0. The van der Waals surface area contributed by atoms with E-state index in [-0.39, 0.29) is 18.3 Å². The SMILES string of the molecule is O=C1CCN(C(=O)COc2cc(F)ccc2Br)CC1. The van der Waals surface area contributed by atoms with E-state index in [1.54, 1.807) is 4.90 Å². The Morgan fingerprint density at radius 2 is 2.05 bits per heavy atom. The van der Waals surface area contributed by atoms with Gasteiger partial charge in [0.05, 0.1) is 4.47 Å². The van der Waals surface area contributed by atoms with Crippen molar-refractivity contribution in [3.05, 3.63) is 28.5 Å². The molecule has 1 aliphatic rings. The average molecular weight is 330 g/mol. The van der Waals surface area contributed by atoms with Gasteiger partial charge in [-0.2, -0.15) is 0 Å². The molecule has 0 bridgehead atoms. The molecule has 1 aromatic carbocycles. The molecule has 1 amide bonds. The third-order valence-electron chi connectivity index (χ3n) is 2.92. The molecule has 0 aliphatic carbocycles. The van der Waals surface area contributed by atoms with Crippen LogP contribution in [0.3, 0.4) is 0 Å². The summed E-state index contributed by atoms with van der Waals surface area (Å²) in [6.45, 7) is 0.715. The van der Waals surface area contributed by atoms with Gasteiger partial charge in [0.2, 0.25) is 0 Å². The van der Waals surface area contributed by atoms with Crippen LogP contribution in [0.25, 0.3) is 0 Å². The summed E-state index contributed by atoms with van der Waals surface area (Å²) in [5, 5.41) is 0. The van der Waals surface area contributed by atoms with Crippen LogP contribution in [0.5, 0.6) is 5.75 Å². The van der Waals surface area contributed by atoms with Crippen LogP contribution < -0.4 is 4.74 Å². The predicted molar refractivity (Wildman–Crippen MR) is 70.4 cm³/mol. The van der Waals surface area contributed by atoms with E-state index in [2.05, 4.69) is 15.9 Å². The average Bonchev–Trinajstić information content (AvgIpc) is 2.40. The minimum Gasteiger partial charge on any atom is -0.482 e. The van der Waals surface area contributed by atoms with Gasteiger partial charge in [-0.15, -0.1) is 0 Å². The second-order valence-corrected chi connectivity index (χ2v) is 5.14. The van der Waals surface area contributed by atoms with Crippen molar-refractivity contribution in [2.45, 2.75) is 12.8 Å². The zero-order valence-corrected chi connectivity index (χ0v) is 11.8. The van der Waals surface area contributed by atoms with Gasteiger partial charge in [-0.1, -0.05) is 0 Å². The van der Waals surface area contributed by atoms with Crippen molar-refractivity contribution in [1.29, 1.82) is 0 Å². The highest BCUT2D eigenvalue weighted by molar-refractivity contribution is 9.10. The van der Waals surface area contributed by atoms with E-state index < -0.39 is 5.82 Å². The number of carbonyl (C=O) groups is 2. The van der Waals surface area contributed by atoms with Gasteiger partial charge in [0.15, 0.2) is 6.61 Å². The van der Waals surface area contributed by atoms with Crippen LogP contribution in [-0.2, 0) is 9.59 Å². The molecule has 6 heteroatoms. The maximum Gasteiger partial charge on any atom is 0.260 e. The fourth-order valence-electron chi connectivity index (χ4n) is 1.82. The van der Waals surface area contributed by atoms with Gasteiger partial charge in [0.1, 0.15) is 17.3 Å². The first-order chi connectivity index (χ1) is 9.06. The Balaban J connectivity index is 1.89. The second kappa shape index (κ2) is 6.14. The lowest BCUT2D eigenvalue weighted by molar-refractivity contribution is -0.136. The molecule has 1 aromatic rings. The molecule has 0 radical (unpaired) electrons. The van der Waals surface area contributed by atoms with Crippen LogP contribution in [0.4, 0.5) is 4.39 Å². The normalized spacial score (nSPS) is 15.5. The van der Waals surface area contributed by atoms with Crippen LogP contribution in [0.2, 0.25) is 0 Å². The van der Waals surface area contributed by atoms with Crippen molar-refractivity contribution in [3.8, 4) is 5.75 Å². The van der Waals surface area contributed by atoms with Crippen LogP contribution in [0.15, 0.2) is 22.7 Å². The van der Waals surface area contributed by atoms with Gasteiger partial charge in [0, 0.05) is 32.0 Å². The Bertz CT molecular complexity index is 497. The minimum absolute atomic E-state index is 0.157. The zero-order valence-electron chi connectivity index (χ0n) is 10.2. The summed E-state index contributed by atoms with van der Waals surface area (Å²) in [7, 11) is 0. The van der Waals surface area contributed by atoms with E-state index in [4.69, 9.17) is 4.74 Å². The molecular weight excluding hydrogens is 317 g/mol. The first kappa shape index (κ1) is 14.0. The van der Waals surface area contributed by atoms with Crippen molar-refractivity contribution in [1.82, 2.24) is 4.90 Å². The molecule has 1 aliphatic heterocycles. The monoisotopic (exact) mass is 329 g/mol. The predicted octanol–water partition coefficient (Wildman–Crippen LogP) is 2.16. The number of nitrogens with zero attached hydrogens (tertiary/aromatic N) is 1. The number of amides is 1. The molecule has 0 N–H and O–H groups in total. The Kier molecular flexibility index (Phi) is 4.52. The number of halogens is 2. The number of hydrogen-bond donors (Lipinski definition) is 0. The summed E-state index contributed by atoms with van der Waals surface area (Å²) >= 11 is 3.22. The topological polar surface area (TPSA) is 46.6 Å². The van der Waals surface area contributed by atoms with Gasteiger partial charge < -0.3 is 9.64 Å². The van der Waals surface area contributed by atoms with E-state index in [0.717, 1.165) is 0 Å². The van der Waals surface area contributed by atoms with E-state index in [1.807, 2.05) is 0 Å². The summed E-state index contributed by atoms with van der Waals surface area (Å²) in [6, 6.07) is 4.04. The summed E-state index contributed by atoms with van der Waals surface area (Å²) in [5.74, 6) is -0.142. The Morgan fingerprint density at radius 3 is 2.74 bits per heavy atom. The van der Waals surface area contributed by atoms with Crippen LogP contribution >= 0.6 is 15.9 Å². The van der Waals surface area contributed by atoms with Gasteiger partial charge in [0.25, 0.3) is 5.91 Å². The summed E-state index contributed by atoms with van der Waals surface area (Å²) in [6.07, 6.45) is 0.796. The summed E-state index contributed by atoms with van der Waals surface area (Å²) in [5.41, 5.74) is 0. The second-order valence-electron chi connectivity index (χ2n) is 4.28. The van der Waals surface area contributed by atoms with Crippen molar-refractivity contribution < 1.29 is 18.7 Å². The molecule has 0 aromatic heterocycles. The molecule has 0 atom stereocenters. The van der Waals surface area contributed by atoms with E-state index >= 15 is 0 Å². The number of carbonyl (C=O) groups excluding carboxylic acids is 2. The highest BCUT2D eigenvalue weighted by atomic mass is 79.9. The number of Topliss-reactive ketones (excluding diaryl/α,β-unsaturated/α-hetero) is 1. The van der Waals surface area contributed by atoms with Crippen molar-refractivity contribution in [3.63, 3.8) is 0 Å². The standard InChI is InChI=1S/C13H13BrFNO3/c14-11-2-1-9(15)7-12(11)19-8-13(18)16-5-3-10(17)4-6-16/h1-2,7H,3-6,8H2. The molecular formula is C13H13BrFNO3. The molecule has 1 fully saturated rings. The fourth-order valence-corrected chi connectivity index (χ4v) is 2.19. The third kappa shape index (κ3) is 3.76. The fraction of sp³-hybridized carbons (Fsp3) is 0.385. The number of ketones is 1. The lowest BCUT2D eigenvalue weighted by Crippen LogP contribution is -2.41. The van der Waals surface area contributed by atoms with Crippen LogP contribution in [-0.4, -0.2) is 36.3 Å². The van der Waals surface area contributed by atoms with E-state index in [0.29, 0.717) is 36.2 Å². The highest BCUT2D eigenvalue weighted by Crippen LogP contribution is 2.25. The number of hydrogen-bond acceptors (Lipinski definition) is 3. The molecule has 0 unspecified atom stereocenters. The molecule has 1 heterocycles. The molecule has 2 rings (SSSR count). The lowest BCUT2D eigenvalue weighted by Gasteiger charge is -2.26. The molecule has 0 spiro atoms. The summed E-state index contributed by atoms with van der Waals surface area (Å²) < 4.78 is 18.9. The molecule has 4 nitrogen and oxygen atoms in total. The zero-order chi connectivity index (χ0) is 13.8. The number of ether oxygens (including phenoxy) is 1. The smallest absolute Gasteiger partial charge is 0.260 e. The number of benzene rings is 1. The first-order valence-corrected chi connectivity index (χ1v) is 6.73. The van der Waals surface area contributed by atoms with E-state index in [1.165, 1.54) is 18.2 Å². The van der Waals surface area contributed by atoms with Gasteiger partial charge in [-0.05, 0) is 28.1 Å². The highest BCUT2D eigenvalue weighted by Gasteiger charge is 2.21. The molecule has 102 valence electrons. The maximum atomic E-state index is 13.0.